The zero-order chi connectivity index (χ0) is 12.9. The molecule has 19 heavy (non-hydrogen) atoms. The van der Waals surface area contributed by atoms with Gasteiger partial charge in [0.25, 0.3) is 0 Å². The number of pyridine rings is 3. The summed E-state index contributed by atoms with van der Waals surface area (Å²) in [5.41, 5.74) is 3.64. The lowest BCUT2D eigenvalue weighted by Crippen LogP contribution is -2.32. The molecule has 3 heterocycles. The van der Waals surface area contributed by atoms with Crippen LogP contribution in [0.1, 0.15) is 5.56 Å². The summed E-state index contributed by atoms with van der Waals surface area (Å²) < 4.78 is 2.15. The molecule has 0 atom stereocenters. The summed E-state index contributed by atoms with van der Waals surface area (Å²) in [5.74, 6) is 0. The van der Waals surface area contributed by atoms with Crippen LogP contribution in [0.25, 0.3) is 11.1 Å². The minimum atomic E-state index is 0.860. The molecule has 0 aliphatic heterocycles. The van der Waals surface area contributed by atoms with Gasteiger partial charge in [-0.25, -0.2) is 4.57 Å². The summed E-state index contributed by atoms with van der Waals surface area (Å²) in [5, 5.41) is 0. The van der Waals surface area contributed by atoms with Crippen LogP contribution in [0.3, 0.4) is 0 Å². The maximum atomic E-state index is 4.03. The first kappa shape index (κ1) is 11.5. The molecule has 3 aromatic heterocycles. The average Bonchev–Trinajstić information content (AvgIpc) is 2.50. The minimum absolute atomic E-state index is 0.860. The van der Waals surface area contributed by atoms with Crippen LogP contribution in [0, 0.1) is 0 Å². The van der Waals surface area contributed by atoms with Crippen LogP contribution in [0.15, 0.2) is 73.6 Å². The maximum Gasteiger partial charge on any atom is 0.173 e. The second kappa shape index (κ2) is 5.40. The molecular formula is C16H14N3+. The van der Waals surface area contributed by atoms with Gasteiger partial charge in [0.15, 0.2) is 18.9 Å². The number of hydrogen-bond donors (Lipinski definition) is 0. The lowest BCUT2D eigenvalue weighted by Gasteiger charge is -2.01. The van der Waals surface area contributed by atoms with Crippen molar-refractivity contribution in [2.75, 3.05) is 0 Å². The third-order valence-corrected chi connectivity index (χ3v) is 3.02. The van der Waals surface area contributed by atoms with Gasteiger partial charge in [0.1, 0.15) is 0 Å². The second-order valence-electron chi connectivity index (χ2n) is 4.35. The summed E-state index contributed by atoms with van der Waals surface area (Å²) in [6, 6.07) is 12.3. The number of hydrogen-bond acceptors (Lipinski definition) is 2. The topological polar surface area (TPSA) is 29.7 Å². The minimum Gasteiger partial charge on any atom is -0.265 e. The van der Waals surface area contributed by atoms with Crippen molar-refractivity contribution in [3.63, 3.8) is 0 Å². The molecule has 0 aliphatic rings. The van der Waals surface area contributed by atoms with Crippen LogP contribution in [-0.4, -0.2) is 9.97 Å². The highest BCUT2D eigenvalue weighted by atomic mass is 14.9. The Labute approximate surface area is 112 Å². The molecule has 92 valence electrons. The Balaban J connectivity index is 1.80. The number of nitrogens with zero attached hydrogens (tertiary/aromatic N) is 3. The van der Waals surface area contributed by atoms with Gasteiger partial charge in [0, 0.05) is 42.5 Å². The molecule has 0 saturated heterocycles. The van der Waals surface area contributed by atoms with Gasteiger partial charge in [0.05, 0.1) is 0 Å². The van der Waals surface area contributed by atoms with E-state index in [0.29, 0.717) is 0 Å². The van der Waals surface area contributed by atoms with Crippen molar-refractivity contribution in [3.8, 4) is 11.1 Å². The Hall–Kier alpha value is -2.55. The summed E-state index contributed by atoms with van der Waals surface area (Å²) in [7, 11) is 0. The fraction of sp³-hybridized carbons (Fsp3) is 0.0625. The van der Waals surface area contributed by atoms with Crippen molar-refractivity contribution in [1.29, 1.82) is 0 Å². The van der Waals surface area contributed by atoms with Crippen molar-refractivity contribution < 1.29 is 4.57 Å². The molecule has 0 amide bonds. The lowest BCUT2D eigenvalue weighted by molar-refractivity contribution is -0.688. The van der Waals surface area contributed by atoms with E-state index in [-0.39, 0.29) is 0 Å². The first-order valence-corrected chi connectivity index (χ1v) is 6.20. The van der Waals surface area contributed by atoms with E-state index in [9.17, 15) is 0 Å². The van der Waals surface area contributed by atoms with Crippen LogP contribution >= 0.6 is 0 Å². The van der Waals surface area contributed by atoms with E-state index in [0.717, 1.165) is 6.54 Å². The molecule has 3 nitrogen and oxygen atoms in total. The van der Waals surface area contributed by atoms with Crippen molar-refractivity contribution in [1.82, 2.24) is 9.97 Å². The molecule has 0 saturated carbocycles. The Kier molecular flexibility index (Phi) is 3.28. The van der Waals surface area contributed by atoms with Crippen molar-refractivity contribution in [2.45, 2.75) is 6.54 Å². The predicted octanol–water partition coefficient (Wildman–Crippen LogP) is 2.48. The van der Waals surface area contributed by atoms with Gasteiger partial charge in [-0.3, -0.25) is 9.97 Å². The molecule has 0 aromatic carbocycles. The Morgan fingerprint density at radius 2 is 1.21 bits per heavy atom. The zero-order valence-corrected chi connectivity index (χ0v) is 10.5. The third kappa shape index (κ3) is 2.83. The molecule has 3 aromatic rings. The Bertz CT molecular complexity index is 634. The summed E-state index contributed by atoms with van der Waals surface area (Å²) in [6.45, 7) is 0.860. The van der Waals surface area contributed by atoms with Crippen molar-refractivity contribution in [2.24, 2.45) is 0 Å². The van der Waals surface area contributed by atoms with Gasteiger partial charge in [0.2, 0.25) is 0 Å². The van der Waals surface area contributed by atoms with Gasteiger partial charge >= 0.3 is 0 Å². The van der Waals surface area contributed by atoms with Crippen LogP contribution in [0.2, 0.25) is 0 Å². The van der Waals surface area contributed by atoms with E-state index in [2.05, 4.69) is 39.1 Å². The predicted molar refractivity (Wildman–Crippen MR) is 73.2 cm³/mol. The smallest absolute Gasteiger partial charge is 0.173 e. The van der Waals surface area contributed by atoms with Crippen LogP contribution in [0.5, 0.6) is 0 Å². The normalized spacial score (nSPS) is 10.3. The molecule has 3 heteroatoms. The number of rotatable bonds is 3. The van der Waals surface area contributed by atoms with E-state index in [1.807, 2.05) is 49.1 Å². The quantitative estimate of drug-likeness (QED) is 0.666. The average molecular weight is 248 g/mol. The molecule has 0 fully saturated rings. The van der Waals surface area contributed by atoms with Crippen LogP contribution < -0.4 is 4.57 Å². The van der Waals surface area contributed by atoms with Crippen molar-refractivity contribution in [3.05, 3.63) is 79.1 Å². The second-order valence-corrected chi connectivity index (χ2v) is 4.35. The lowest BCUT2D eigenvalue weighted by atomic mass is 10.1. The van der Waals surface area contributed by atoms with E-state index in [4.69, 9.17) is 0 Å². The Morgan fingerprint density at radius 3 is 1.84 bits per heavy atom. The van der Waals surface area contributed by atoms with Gasteiger partial charge < -0.3 is 0 Å². The van der Waals surface area contributed by atoms with Crippen molar-refractivity contribution >= 4 is 0 Å². The van der Waals surface area contributed by atoms with E-state index in [1.54, 1.807) is 0 Å². The first-order chi connectivity index (χ1) is 9.42. The molecule has 0 N–H and O–H groups in total. The maximum absolute atomic E-state index is 4.03. The summed E-state index contributed by atoms with van der Waals surface area (Å²) in [6.07, 6.45) is 11.5. The van der Waals surface area contributed by atoms with Crippen LogP contribution in [0.4, 0.5) is 0 Å². The van der Waals surface area contributed by atoms with Crippen LogP contribution in [-0.2, 0) is 6.54 Å². The fourth-order valence-corrected chi connectivity index (χ4v) is 2.00. The summed E-state index contributed by atoms with van der Waals surface area (Å²) >= 11 is 0. The highest BCUT2D eigenvalue weighted by Crippen LogP contribution is 2.15. The highest BCUT2D eigenvalue weighted by Gasteiger charge is 2.03. The largest absolute Gasteiger partial charge is 0.265 e. The fourth-order valence-electron chi connectivity index (χ4n) is 2.00. The van der Waals surface area contributed by atoms with E-state index >= 15 is 0 Å². The first-order valence-electron chi connectivity index (χ1n) is 6.20. The molecule has 0 unspecified atom stereocenters. The van der Waals surface area contributed by atoms with Gasteiger partial charge in [-0.15, -0.1) is 0 Å². The molecule has 0 spiro atoms. The molecular weight excluding hydrogens is 234 g/mol. The molecule has 0 aliphatic carbocycles. The number of aromatic nitrogens is 3. The van der Waals surface area contributed by atoms with E-state index < -0.39 is 0 Å². The molecule has 0 bridgehead atoms. The standard InChI is InChI=1S/C16H14N3/c1-7-17-8-2-14(1)13-19-11-5-16(6-12-19)15-3-9-18-10-4-15/h1-12H,13H2/q+1. The summed E-state index contributed by atoms with van der Waals surface area (Å²) in [4.78, 5) is 8.06. The monoisotopic (exact) mass is 248 g/mol. The highest BCUT2D eigenvalue weighted by molar-refractivity contribution is 5.61. The van der Waals surface area contributed by atoms with Gasteiger partial charge in [-0.1, -0.05) is 0 Å². The molecule has 0 radical (unpaired) electrons. The van der Waals surface area contributed by atoms with Gasteiger partial charge in [-0.2, -0.15) is 0 Å². The van der Waals surface area contributed by atoms with Gasteiger partial charge in [-0.05, 0) is 35.4 Å². The SMILES string of the molecule is c1cc(C[n+]2ccc(-c3ccncc3)cc2)ccn1. The molecule has 3 rings (SSSR count). The zero-order valence-electron chi connectivity index (χ0n) is 10.5. The van der Waals surface area contributed by atoms with E-state index in [1.165, 1.54) is 16.7 Å². The Morgan fingerprint density at radius 1 is 0.684 bits per heavy atom. The third-order valence-electron chi connectivity index (χ3n) is 3.02.